The van der Waals surface area contributed by atoms with Gasteiger partial charge in [-0.1, -0.05) is 39.3 Å². The molecule has 2 unspecified atom stereocenters. The number of anilines is 1. The molecule has 27 heavy (non-hydrogen) atoms. The summed E-state index contributed by atoms with van der Waals surface area (Å²) in [6.45, 7) is 7.60. The van der Waals surface area contributed by atoms with E-state index in [2.05, 4.69) is 16.0 Å². The summed E-state index contributed by atoms with van der Waals surface area (Å²) >= 11 is 5.81. The van der Waals surface area contributed by atoms with Gasteiger partial charge in [0.25, 0.3) is 0 Å². The number of hydrogen-bond donors (Lipinski definition) is 4. The smallest absolute Gasteiger partial charge is 0.326 e. The third kappa shape index (κ3) is 8.77. The molecule has 8 heteroatoms. The third-order valence-corrected chi connectivity index (χ3v) is 4.00. The van der Waals surface area contributed by atoms with E-state index < -0.39 is 30.0 Å². The zero-order valence-corrected chi connectivity index (χ0v) is 16.8. The molecular formula is C19H28ClN3O4. The lowest BCUT2D eigenvalue weighted by molar-refractivity contribution is -0.142. The van der Waals surface area contributed by atoms with Gasteiger partial charge in [-0.3, -0.25) is 4.79 Å². The van der Waals surface area contributed by atoms with E-state index in [-0.39, 0.29) is 11.8 Å². The Balaban J connectivity index is 2.77. The second-order valence-electron chi connectivity index (χ2n) is 7.32. The summed E-state index contributed by atoms with van der Waals surface area (Å²) in [5, 5.41) is 17.6. The summed E-state index contributed by atoms with van der Waals surface area (Å²) in [4.78, 5) is 36.2. The fourth-order valence-corrected chi connectivity index (χ4v) is 2.65. The molecule has 1 rings (SSSR count). The highest BCUT2D eigenvalue weighted by atomic mass is 35.5. The lowest BCUT2D eigenvalue weighted by Crippen LogP contribution is -2.53. The van der Waals surface area contributed by atoms with E-state index in [1.807, 2.05) is 27.7 Å². The summed E-state index contributed by atoms with van der Waals surface area (Å²) in [5.41, 5.74) is 0.531. The van der Waals surface area contributed by atoms with Gasteiger partial charge in [-0.15, -0.1) is 0 Å². The maximum absolute atomic E-state index is 12.6. The average Bonchev–Trinajstić information content (AvgIpc) is 2.54. The molecule has 0 heterocycles. The minimum absolute atomic E-state index is 0.108. The van der Waals surface area contributed by atoms with E-state index in [1.54, 1.807) is 24.3 Å². The van der Waals surface area contributed by atoms with Crippen LogP contribution in [0.1, 0.15) is 40.5 Å². The number of amides is 3. The molecule has 0 bridgehead atoms. The lowest BCUT2D eigenvalue weighted by Gasteiger charge is -2.23. The van der Waals surface area contributed by atoms with Crippen molar-refractivity contribution in [2.24, 2.45) is 11.8 Å². The van der Waals surface area contributed by atoms with Crippen LogP contribution in [-0.2, 0) is 9.59 Å². The molecule has 3 amide bonds. The molecule has 0 fully saturated rings. The van der Waals surface area contributed by atoms with Gasteiger partial charge in [0.1, 0.15) is 12.1 Å². The first-order valence-electron chi connectivity index (χ1n) is 8.94. The van der Waals surface area contributed by atoms with Gasteiger partial charge in [-0.25, -0.2) is 9.59 Å². The van der Waals surface area contributed by atoms with Gasteiger partial charge in [0.15, 0.2) is 0 Å². The average molecular weight is 398 g/mol. The van der Waals surface area contributed by atoms with Crippen LogP contribution in [0.5, 0.6) is 0 Å². The first-order chi connectivity index (χ1) is 12.6. The summed E-state index contributed by atoms with van der Waals surface area (Å²) in [7, 11) is 0. The molecule has 0 aliphatic carbocycles. The van der Waals surface area contributed by atoms with E-state index in [9.17, 15) is 19.5 Å². The highest BCUT2D eigenvalue weighted by molar-refractivity contribution is 6.30. The quantitative estimate of drug-likeness (QED) is 0.511. The lowest BCUT2D eigenvalue weighted by atomic mass is 10.0. The van der Waals surface area contributed by atoms with Crippen molar-refractivity contribution in [1.29, 1.82) is 0 Å². The molecule has 0 saturated heterocycles. The Bertz CT molecular complexity index is 647. The van der Waals surface area contributed by atoms with Gasteiger partial charge < -0.3 is 21.1 Å². The summed E-state index contributed by atoms with van der Waals surface area (Å²) < 4.78 is 0. The number of carbonyl (C=O) groups excluding carboxylic acids is 2. The van der Waals surface area contributed by atoms with Crippen LogP contribution >= 0.6 is 11.6 Å². The Kier molecular flexibility index (Phi) is 9.08. The van der Waals surface area contributed by atoms with Crippen LogP contribution in [0.3, 0.4) is 0 Å². The zero-order chi connectivity index (χ0) is 20.6. The van der Waals surface area contributed by atoms with Crippen molar-refractivity contribution in [1.82, 2.24) is 10.6 Å². The molecule has 0 radical (unpaired) electrons. The molecule has 0 aliphatic rings. The monoisotopic (exact) mass is 397 g/mol. The molecule has 150 valence electrons. The maximum Gasteiger partial charge on any atom is 0.326 e. The molecule has 4 N–H and O–H groups in total. The van der Waals surface area contributed by atoms with E-state index in [1.165, 1.54) is 0 Å². The van der Waals surface area contributed by atoms with E-state index >= 15 is 0 Å². The number of halogens is 1. The number of aliphatic carboxylic acids is 1. The SMILES string of the molecule is CC(C)CC(NC(=O)C(CC(C)C)NC(=O)Nc1ccc(Cl)cc1)C(=O)O. The Morgan fingerprint density at radius 1 is 0.926 bits per heavy atom. The number of carboxylic acid groups (broad SMARTS) is 1. The molecule has 1 aromatic carbocycles. The number of urea groups is 1. The van der Waals surface area contributed by atoms with Crippen LogP contribution in [0.2, 0.25) is 5.02 Å². The Morgan fingerprint density at radius 3 is 1.93 bits per heavy atom. The number of rotatable bonds is 9. The van der Waals surface area contributed by atoms with Crippen molar-refractivity contribution in [3.63, 3.8) is 0 Å². The van der Waals surface area contributed by atoms with Gasteiger partial charge in [-0.05, 0) is 48.9 Å². The van der Waals surface area contributed by atoms with Crippen LogP contribution in [0.4, 0.5) is 10.5 Å². The number of carbonyl (C=O) groups is 3. The van der Waals surface area contributed by atoms with Crippen molar-refractivity contribution in [3.05, 3.63) is 29.3 Å². The van der Waals surface area contributed by atoms with Crippen molar-refractivity contribution in [2.75, 3.05) is 5.32 Å². The van der Waals surface area contributed by atoms with Crippen molar-refractivity contribution in [3.8, 4) is 0 Å². The van der Waals surface area contributed by atoms with Gasteiger partial charge in [0.05, 0.1) is 0 Å². The molecule has 0 spiro atoms. The minimum atomic E-state index is -1.09. The second kappa shape index (κ2) is 10.8. The van der Waals surface area contributed by atoms with Crippen molar-refractivity contribution >= 4 is 35.2 Å². The predicted octanol–water partition coefficient (Wildman–Crippen LogP) is 3.49. The largest absolute Gasteiger partial charge is 0.480 e. The predicted molar refractivity (Wildman–Crippen MR) is 106 cm³/mol. The molecular weight excluding hydrogens is 370 g/mol. The summed E-state index contributed by atoms with van der Waals surface area (Å²) in [5.74, 6) is -1.37. The first-order valence-corrected chi connectivity index (χ1v) is 9.32. The summed E-state index contributed by atoms with van der Waals surface area (Å²) in [6, 6.07) is 4.18. The van der Waals surface area contributed by atoms with Crippen LogP contribution in [0.25, 0.3) is 0 Å². The number of hydrogen-bond acceptors (Lipinski definition) is 3. The Morgan fingerprint density at radius 2 is 1.44 bits per heavy atom. The van der Waals surface area contributed by atoms with Gasteiger partial charge in [0.2, 0.25) is 5.91 Å². The molecule has 0 saturated carbocycles. The topological polar surface area (TPSA) is 108 Å². The normalized spacial score (nSPS) is 13.1. The molecule has 0 aromatic heterocycles. The number of nitrogens with one attached hydrogen (secondary N) is 3. The van der Waals surface area contributed by atoms with E-state index in [4.69, 9.17) is 11.6 Å². The molecule has 1 aromatic rings. The van der Waals surface area contributed by atoms with E-state index in [0.717, 1.165) is 0 Å². The fourth-order valence-electron chi connectivity index (χ4n) is 2.53. The Hall–Kier alpha value is -2.28. The van der Waals surface area contributed by atoms with Crippen LogP contribution in [-0.4, -0.2) is 35.1 Å². The fraction of sp³-hybridized carbons (Fsp3) is 0.526. The van der Waals surface area contributed by atoms with E-state index in [0.29, 0.717) is 23.6 Å². The summed E-state index contributed by atoms with van der Waals surface area (Å²) in [6.07, 6.45) is 0.695. The molecule has 7 nitrogen and oxygen atoms in total. The van der Waals surface area contributed by atoms with Crippen molar-refractivity contribution in [2.45, 2.75) is 52.6 Å². The highest BCUT2D eigenvalue weighted by Crippen LogP contribution is 2.14. The molecule has 2 atom stereocenters. The second-order valence-corrected chi connectivity index (χ2v) is 7.75. The van der Waals surface area contributed by atoms with Gasteiger partial charge in [-0.2, -0.15) is 0 Å². The van der Waals surface area contributed by atoms with Gasteiger partial charge in [0, 0.05) is 10.7 Å². The molecule has 0 aliphatic heterocycles. The van der Waals surface area contributed by atoms with Crippen LogP contribution < -0.4 is 16.0 Å². The van der Waals surface area contributed by atoms with Crippen LogP contribution in [0.15, 0.2) is 24.3 Å². The number of benzene rings is 1. The first kappa shape index (κ1) is 22.8. The zero-order valence-electron chi connectivity index (χ0n) is 16.1. The third-order valence-electron chi connectivity index (χ3n) is 3.75. The van der Waals surface area contributed by atoms with Crippen LogP contribution in [0, 0.1) is 11.8 Å². The maximum atomic E-state index is 12.6. The van der Waals surface area contributed by atoms with Gasteiger partial charge >= 0.3 is 12.0 Å². The van der Waals surface area contributed by atoms with Crippen molar-refractivity contribution < 1.29 is 19.5 Å². The standard InChI is InChI=1S/C19H28ClN3O4/c1-11(2)9-15(17(24)22-16(18(25)26)10-12(3)4)23-19(27)21-14-7-5-13(20)6-8-14/h5-8,11-12,15-16H,9-10H2,1-4H3,(H,22,24)(H,25,26)(H2,21,23,27). The highest BCUT2D eigenvalue weighted by Gasteiger charge is 2.27. The Labute approximate surface area is 164 Å². The number of carboxylic acids is 1. The minimum Gasteiger partial charge on any atom is -0.480 e.